The smallest absolute Gasteiger partial charge is 0.176 e. The van der Waals surface area contributed by atoms with Crippen molar-refractivity contribution < 1.29 is 4.79 Å². The normalized spacial score (nSPS) is 10.3. The van der Waals surface area contributed by atoms with Crippen LogP contribution in [0.5, 0.6) is 0 Å². The number of nitrogens with zero attached hydrogens (tertiary/aromatic N) is 1. The van der Waals surface area contributed by atoms with Gasteiger partial charge in [-0.2, -0.15) is 0 Å². The fourth-order valence-electron chi connectivity index (χ4n) is 1.76. The van der Waals surface area contributed by atoms with Gasteiger partial charge in [-0.3, -0.25) is 4.79 Å². The van der Waals surface area contributed by atoms with E-state index in [1.165, 1.54) is 0 Å². The van der Waals surface area contributed by atoms with Gasteiger partial charge in [-0.05, 0) is 17.7 Å². The molecule has 0 aliphatic carbocycles. The van der Waals surface area contributed by atoms with Crippen molar-refractivity contribution in [2.75, 3.05) is 0 Å². The molecule has 2 aromatic rings. The van der Waals surface area contributed by atoms with Gasteiger partial charge < -0.3 is 4.57 Å². The SMILES string of the molecule is CC(=O)c1ccc(-c2ccccc2)n1C. The topological polar surface area (TPSA) is 22.0 Å². The van der Waals surface area contributed by atoms with Crippen molar-refractivity contribution in [2.45, 2.75) is 6.92 Å². The van der Waals surface area contributed by atoms with Gasteiger partial charge in [-0.1, -0.05) is 30.3 Å². The van der Waals surface area contributed by atoms with Crippen LogP contribution in [0.1, 0.15) is 17.4 Å². The van der Waals surface area contributed by atoms with Crippen molar-refractivity contribution in [3.63, 3.8) is 0 Å². The van der Waals surface area contributed by atoms with E-state index in [1.807, 2.05) is 54.1 Å². The lowest BCUT2D eigenvalue weighted by atomic mass is 10.2. The van der Waals surface area contributed by atoms with Gasteiger partial charge in [0.1, 0.15) is 0 Å². The zero-order chi connectivity index (χ0) is 10.8. The van der Waals surface area contributed by atoms with Crippen molar-refractivity contribution in [3.05, 3.63) is 48.2 Å². The number of aromatic nitrogens is 1. The zero-order valence-electron chi connectivity index (χ0n) is 8.90. The number of carbonyl (C=O) groups is 1. The van der Waals surface area contributed by atoms with E-state index >= 15 is 0 Å². The largest absolute Gasteiger partial charge is 0.341 e. The Balaban J connectivity index is 2.52. The van der Waals surface area contributed by atoms with E-state index in [2.05, 4.69) is 0 Å². The van der Waals surface area contributed by atoms with Crippen molar-refractivity contribution in [3.8, 4) is 11.3 Å². The van der Waals surface area contributed by atoms with E-state index in [0.29, 0.717) is 0 Å². The van der Waals surface area contributed by atoms with Crippen LogP contribution in [0, 0.1) is 0 Å². The van der Waals surface area contributed by atoms with Crippen LogP contribution in [0.25, 0.3) is 11.3 Å². The summed E-state index contributed by atoms with van der Waals surface area (Å²) in [7, 11) is 1.92. The minimum Gasteiger partial charge on any atom is -0.341 e. The van der Waals surface area contributed by atoms with Crippen LogP contribution in [0.2, 0.25) is 0 Å². The second kappa shape index (κ2) is 3.73. The molecule has 1 aromatic carbocycles. The summed E-state index contributed by atoms with van der Waals surface area (Å²) in [6, 6.07) is 13.9. The van der Waals surface area contributed by atoms with Gasteiger partial charge in [0.05, 0.1) is 5.69 Å². The maximum Gasteiger partial charge on any atom is 0.176 e. The van der Waals surface area contributed by atoms with Crippen LogP contribution in [-0.2, 0) is 7.05 Å². The highest BCUT2D eigenvalue weighted by Crippen LogP contribution is 2.21. The van der Waals surface area contributed by atoms with Crippen molar-refractivity contribution in [2.24, 2.45) is 7.05 Å². The molecule has 0 N–H and O–H groups in total. The Morgan fingerprint density at radius 2 is 1.73 bits per heavy atom. The lowest BCUT2D eigenvalue weighted by Gasteiger charge is -2.05. The average Bonchev–Trinajstić information content (AvgIpc) is 2.61. The van der Waals surface area contributed by atoms with Crippen LogP contribution in [0.3, 0.4) is 0 Å². The molecule has 1 aromatic heterocycles. The lowest BCUT2D eigenvalue weighted by Crippen LogP contribution is -2.02. The summed E-state index contributed by atoms with van der Waals surface area (Å²) in [5, 5.41) is 0. The van der Waals surface area contributed by atoms with Crippen molar-refractivity contribution >= 4 is 5.78 Å². The Hall–Kier alpha value is -1.83. The molecule has 0 spiro atoms. The van der Waals surface area contributed by atoms with E-state index in [0.717, 1.165) is 17.0 Å². The molecule has 15 heavy (non-hydrogen) atoms. The molecule has 0 saturated carbocycles. The van der Waals surface area contributed by atoms with Gasteiger partial charge in [0.15, 0.2) is 5.78 Å². The first-order valence-electron chi connectivity index (χ1n) is 4.92. The number of carbonyl (C=O) groups excluding carboxylic acids is 1. The molecule has 0 fully saturated rings. The fraction of sp³-hybridized carbons (Fsp3) is 0.154. The molecule has 2 rings (SSSR count). The number of benzene rings is 1. The Labute approximate surface area is 89.2 Å². The van der Waals surface area contributed by atoms with E-state index in [-0.39, 0.29) is 5.78 Å². The third-order valence-corrected chi connectivity index (χ3v) is 2.55. The molecule has 0 atom stereocenters. The summed E-state index contributed by atoms with van der Waals surface area (Å²) >= 11 is 0. The van der Waals surface area contributed by atoms with Crippen LogP contribution in [0.4, 0.5) is 0 Å². The lowest BCUT2D eigenvalue weighted by molar-refractivity contribution is 0.101. The maximum absolute atomic E-state index is 11.3. The van der Waals surface area contributed by atoms with E-state index in [1.54, 1.807) is 6.92 Å². The molecule has 0 unspecified atom stereocenters. The highest BCUT2D eigenvalue weighted by atomic mass is 16.1. The molecule has 0 amide bonds. The minimum atomic E-state index is 0.0969. The first-order chi connectivity index (χ1) is 7.20. The van der Waals surface area contributed by atoms with E-state index < -0.39 is 0 Å². The summed E-state index contributed by atoms with van der Waals surface area (Å²) in [5.74, 6) is 0.0969. The number of hydrogen-bond acceptors (Lipinski definition) is 1. The van der Waals surface area contributed by atoms with Crippen molar-refractivity contribution in [1.29, 1.82) is 0 Å². The summed E-state index contributed by atoms with van der Waals surface area (Å²) in [5.41, 5.74) is 2.95. The first-order valence-corrected chi connectivity index (χ1v) is 4.92. The molecule has 0 bridgehead atoms. The molecule has 76 valence electrons. The second-order valence-electron chi connectivity index (χ2n) is 3.59. The van der Waals surface area contributed by atoms with Crippen molar-refractivity contribution in [1.82, 2.24) is 4.57 Å². The van der Waals surface area contributed by atoms with Crippen LogP contribution in [-0.4, -0.2) is 10.4 Å². The molecular weight excluding hydrogens is 186 g/mol. The Bertz CT molecular complexity index is 482. The summed E-state index contributed by atoms with van der Waals surface area (Å²) in [4.78, 5) is 11.3. The van der Waals surface area contributed by atoms with Gasteiger partial charge in [0.2, 0.25) is 0 Å². The standard InChI is InChI=1S/C13H13NO/c1-10(15)12-8-9-13(14(12)2)11-6-4-3-5-7-11/h3-9H,1-2H3. The number of hydrogen-bond donors (Lipinski definition) is 0. The molecule has 0 radical (unpaired) electrons. The number of Topliss-reactive ketones (excluding diaryl/α,β-unsaturated/α-hetero) is 1. The Morgan fingerprint density at radius 1 is 1.07 bits per heavy atom. The zero-order valence-corrected chi connectivity index (χ0v) is 8.90. The molecular formula is C13H13NO. The third-order valence-electron chi connectivity index (χ3n) is 2.55. The molecule has 1 heterocycles. The summed E-state index contributed by atoms with van der Waals surface area (Å²) < 4.78 is 1.93. The maximum atomic E-state index is 11.3. The number of rotatable bonds is 2. The van der Waals surface area contributed by atoms with Gasteiger partial charge in [-0.25, -0.2) is 0 Å². The predicted octanol–water partition coefficient (Wildman–Crippen LogP) is 2.89. The quantitative estimate of drug-likeness (QED) is 0.682. The van der Waals surface area contributed by atoms with Gasteiger partial charge >= 0.3 is 0 Å². The summed E-state index contributed by atoms with van der Waals surface area (Å²) in [6.45, 7) is 1.59. The molecule has 2 heteroatoms. The predicted molar refractivity (Wildman–Crippen MR) is 60.9 cm³/mol. The molecule has 0 aliphatic heterocycles. The molecule has 0 saturated heterocycles. The minimum absolute atomic E-state index is 0.0969. The third kappa shape index (κ3) is 1.71. The highest BCUT2D eigenvalue weighted by Gasteiger charge is 2.08. The van der Waals surface area contributed by atoms with Crippen LogP contribution in [0.15, 0.2) is 42.5 Å². The van der Waals surface area contributed by atoms with E-state index in [4.69, 9.17) is 0 Å². The monoisotopic (exact) mass is 199 g/mol. The number of ketones is 1. The van der Waals surface area contributed by atoms with Crippen LogP contribution >= 0.6 is 0 Å². The van der Waals surface area contributed by atoms with Gasteiger partial charge in [0.25, 0.3) is 0 Å². The first kappa shape index (κ1) is 9.71. The summed E-state index contributed by atoms with van der Waals surface area (Å²) in [6.07, 6.45) is 0. The Morgan fingerprint density at radius 3 is 2.27 bits per heavy atom. The van der Waals surface area contributed by atoms with Gasteiger partial charge in [-0.15, -0.1) is 0 Å². The second-order valence-corrected chi connectivity index (χ2v) is 3.59. The fourth-order valence-corrected chi connectivity index (χ4v) is 1.76. The van der Waals surface area contributed by atoms with E-state index in [9.17, 15) is 4.79 Å². The molecule has 0 aliphatic rings. The van der Waals surface area contributed by atoms with Gasteiger partial charge in [0, 0.05) is 19.7 Å². The highest BCUT2D eigenvalue weighted by molar-refractivity contribution is 5.93. The molecule has 2 nitrogen and oxygen atoms in total. The Kier molecular flexibility index (Phi) is 2.42. The van der Waals surface area contributed by atoms with Crippen LogP contribution < -0.4 is 0 Å². The average molecular weight is 199 g/mol.